The molecule has 1 unspecified atom stereocenters. The van der Waals surface area contributed by atoms with E-state index in [9.17, 15) is 14.9 Å². The number of benzene rings is 2. The minimum absolute atomic E-state index is 0.232. The SMILES string of the molecule is CCOC(=O)c1c(NC(=O)C(C)Sc2nc(-c3ccccc3)cc(-c3ccc(OC)c(OC)c3)c2C#N)sc(C)c1C. The maximum Gasteiger partial charge on any atom is 0.341 e. The van der Waals surface area contributed by atoms with Crippen LogP contribution >= 0.6 is 23.1 Å². The summed E-state index contributed by atoms with van der Waals surface area (Å²) in [5.74, 6) is 0.296. The summed E-state index contributed by atoms with van der Waals surface area (Å²) in [4.78, 5) is 31.8. The van der Waals surface area contributed by atoms with Gasteiger partial charge in [0.2, 0.25) is 5.91 Å². The fraction of sp³-hybridized carbons (Fsp3) is 0.250. The Morgan fingerprint density at radius 1 is 1.05 bits per heavy atom. The third kappa shape index (κ3) is 6.43. The van der Waals surface area contributed by atoms with Crippen molar-refractivity contribution in [1.82, 2.24) is 4.98 Å². The van der Waals surface area contributed by atoms with Gasteiger partial charge >= 0.3 is 5.97 Å². The van der Waals surface area contributed by atoms with Gasteiger partial charge in [-0.05, 0) is 57.0 Å². The van der Waals surface area contributed by atoms with Crippen molar-refractivity contribution in [1.29, 1.82) is 5.26 Å². The van der Waals surface area contributed by atoms with Crippen LogP contribution in [0.5, 0.6) is 11.5 Å². The third-order valence-corrected chi connectivity index (χ3v) is 8.83. The van der Waals surface area contributed by atoms with Crippen LogP contribution in [0.15, 0.2) is 59.6 Å². The number of aryl methyl sites for hydroxylation is 1. The molecule has 0 aliphatic carbocycles. The van der Waals surface area contributed by atoms with Crippen molar-refractivity contribution in [3.63, 3.8) is 0 Å². The Labute approximate surface area is 253 Å². The van der Waals surface area contributed by atoms with Gasteiger partial charge in [-0.3, -0.25) is 4.79 Å². The molecule has 0 saturated carbocycles. The number of nitriles is 1. The molecule has 2 heterocycles. The minimum Gasteiger partial charge on any atom is -0.493 e. The number of carbonyl (C=O) groups excluding carboxylic acids is 2. The molecule has 1 N–H and O–H groups in total. The largest absolute Gasteiger partial charge is 0.493 e. The zero-order valence-corrected chi connectivity index (χ0v) is 25.9. The second-order valence-corrected chi connectivity index (χ2v) is 11.8. The summed E-state index contributed by atoms with van der Waals surface area (Å²) in [6, 6.07) is 19.3. The molecule has 2 aromatic carbocycles. The molecule has 0 fully saturated rings. The molecule has 0 saturated heterocycles. The number of anilines is 1. The number of amides is 1. The summed E-state index contributed by atoms with van der Waals surface area (Å²) in [5, 5.41) is 13.4. The minimum atomic E-state index is -0.647. The first kappa shape index (κ1) is 30.6. The molecule has 42 heavy (non-hydrogen) atoms. The smallest absolute Gasteiger partial charge is 0.341 e. The summed E-state index contributed by atoms with van der Waals surface area (Å²) >= 11 is 2.51. The molecule has 0 bridgehead atoms. The Morgan fingerprint density at radius 3 is 2.40 bits per heavy atom. The summed E-state index contributed by atoms with van der Waals surface area (Å²) < 4.78 is 16.1. The van der Waals surface area contributed by atoms with Crippen molar-refractivity contribution < 1.29 is 23.8 Å². The number of ether oxygens (including phenoxy) is 3. The molecule has 0 spiro atoms. The molecular weight excluding hydrogens is 571 g/mol. The van der Waals surface area contributed by atoms with Crippen molar-refractivity contribution in [3.05, 3.63) is 76.2 Å². The summed E-state index contributed by atoms with van der Waals surface area (Å²) in [7, 11) is 3.12. The molecule has 4 aromatic rings. The van der Waals surface area contributed by atoms with E-state index >= 15 is 0 Å². The van der Waals surface area contributed by atoms with Crippen molar-refractivity contribution in [2.24, 2.45) is 0 Å². The molecule has 0 aliphatic heterocycles. The van der Waals surface area contributed by atoms with Crippen LogP contribution in [-0.4, -0.2) is 42.9 Å². The van der Waals surface area contributed by atoms with Crippen LogP contribution < -0.4 is 14.8 Å². The van der Waals surface area contributed by atoms with Gasteiger partial charge in [0, 0.05) is 16.0 Å². The molecule has 1 amide bonds. The number of carbonyl (C=O) groups is 2. The molecule has 10 heteroatoms. The topological polar surface area (TPSA) is 111 Å². The summed E-state index contributed by atoms with van der Waals surface area (Å²) in [6.07, 6.45) is 0. The predicted molar refractivity (Wildman–Crippen MR) is 167 cm³/mol. The Kier molecular flexibility index (Phi) is 9.88. The van der Waals surface area contributed by atoms with E-state index in [1.165, 1.54) is 23.1 Å². The number of rotatable bonds is 10. The van der Waals surface area contributed by atoms with Gasteiger partial charge in [-0.25, -0.2) is 9.78 Å². The van der Waals surface area contributed by atoms with Crippen LogP contribution in [0.3, 0.4) is 0 Å². The Bertz CT molecular complexity index is 1660. The maximum absolute atomic E-state index is 13.4. The number of methoxy groups -OCH3 is 2. The van der Waals surface area contributed by atoms with Gasteiger partial charge in [-0.2, -0.15) is 5.26 Å². The molecule has 8 nitrogen and oxygen atoms in total. The summed E-state index contributed by atoms with van der Waals surface area (Å²) in [6.45, 7) is 7.44. The fourth-order valence-corrected chi connectivity index (χ4v) is 6.28. The average Bonchev–Trinajstić information content (AvgIpc) is 3.28. The lowest BCUT2D eigenvalue weighted by molar-refractivity contribution is -0.115. The fourth-order valence-electron chi connectivity index (χ4n) is 4.30. The number of thiophene rings is 1. The highest BCUT2D eigenvalue weighted by atomic mass is 32.2. The second-order valence-electron chi connectivity index (χ2n) is 9.24. The lowest BCUT2D eigenvalue weighted by Gasteiger charge is -2.17. The van der Waals surface area contributed by atoms with Crippen LogP contribution in [0.2, 0.25) is 0 Å². The lowest BCUT2D eigenvalue weighted by atomic mass is 9.99. The highest BCUT2D eigenvalue weighted by Gasteiger charge is 2.26. The highest BCUT2D eigenvalue weighted by molar-refractivity contribution is 8.00. The summed E-state index contributed by atoms with van der Waals surface area (Å²) in [5.41, 5.74) is 4.39. The van der Waals surface area contributed by atoms with Gasteiger partial charge in [0.15, 0.2) is 11.5 Å². The van der Waals surface area contributed by atoms with E-state index in [1.54, 1.807) is 34.1 Å². The van der Waals surface area contributed by atoms with Crippen LogP contribution in [0.4, 0.5) is 5.00 Å². The van der Waals surface area contributed by atoms with Gasteiger partial charge in [-0.15, -0.1) is 11.3 Å². The predicted octanol–water partition coefficient (Wildman–Crippen LogP) is 7.28. The molecule has 2 aromatic heterocycles. The molecule has 0 radical (unpaired) electrons. The van der Waals surface area contributed by atoms with E-state index in [-0.39, 0.29) is 12.5 Å². The first-order valence-corrected chi connectivity index (χ1v) is 14.9. The van der Waals surface area contributed by atoms with Crippen molar-refractivity contribution in [3.8, 4) is 40.0 Å². The van der Waals surface area contributed by atoms with Gasteiger partial charge in [0.1, 0.15) is 16.1 Å². The van der Waals surface area contributed by atoms with Crippen molar-refractivity contribution >= 4 is 40.0 Å². The number of nitrogens with one attached hydrogen (secondary N) is 1. The highest BCUT2D eigenvalue weighted by Crippen LogP contribution is 2.39. The molecule has 4 rings (SSSR count). The van der Waals surface area contributed by atoms with Crippen molar-refractivity contribution in [2.75, 3.05) is 26.1 Å². The van der Waals surface area contributed by atoms with Crippen LogP contribution in [0.25, 0.3) is 22.4 Å². The van der Waals surface area contributed by atoms with Gasteiger partial charge in [-0.1, -0.05) is 48.2 Å². The average molecular weight is 602 g/mol. The zero-order valence-electron chi connectivity index (χ0n) is 24.2. The Balaban J connectivity index is 1.74. The lowest BCUT2D eigenvalue weighted by Crippen LogP contribution is -2.23. The Morgan fingerprint density at radius 2 is 1.76 bits per heavy atom. The zero-order chi connectivity index (χ0) is 30.4. The maximum atomic E-state index is 13.4. The number of aromatic nitrogens is 1. The van der Waals surface area contributed by atoms with E-state index < -0.39 is 11.2 Å². The molecular formula is C32H31N3O5S2. The van der Waals surface area contributed by atoms with E-state index in [0.29, 0.717) is 43.9 Å². The van der Waals surface area contributed by atoms with Crippen LogP contribution in [-0.2, 0) is 9.53 Å². The van der Waals surface area contributed by atoms with E-state index in [1.807, 2.05) is 62.4 Å². The van der Waals surface area contributed by atoms with Gasteiger partial charge in [0.25, 0.3) is 0 Å². The first-order valence-electron chi connectivity index (χ1n) is 13.2. The van der Waals surface area contributed by atoms with E-state index in [0.717, 1.165) is 21.6 Å². The number of pyridine rings is 1. The van der Waals surface area contributed by atoms with Gasteiger partial charge in [0.05, 0.1) is 42.9 Å². The van der Waals surface area contributed by atoms with E-state index in [4.69, 9.17) is 19.2 Å². The number of nitrogens with zero attached hydrogens (tertiary/aromatic N) is 2. The molecule has 0 aliphatic rings. The van der Waals surface area contributed by atoms with Crippen LogP contribution in [0.1, 0.15) is 40.2 Å². The standard InChI is InChI=1S/C32H31N3O5S2/c1-7-40-32(37)28-18(2)19(3)41-31(28)35-29(36)20(4)42-30-24(17-33)23(16-25(34-30)21-11-9-8-10-12-21)22-13-14-26(38-5)27(15-22)39-6/h8-16,20H,7H2,1-6H3,(H,35,36). The van der Waals surface area contributed by atoms with E-state index in [2.05, 4.69) is 11.4 Å². The molecule has 216 valence electrons. The Hall–Kier alpha value is -4.33. The number of thioether (sulfide) groups is 1. The first-order chi connectivity index (χ1) is 20.2. The van der Waals surface area contributed by atoms with Crippen LogP contribution in [0, 0.1) is 25.2 Å². The third-order valence-electron chi connectivity index (χ3n) is 6.62. The van der Waals surface area contributed by atoms with Gasteiger partial charge < -0.3 is 19.5 Å². The quantitative estimate of drug-likeness (QED) is 0.149. The normalized spacial score (nSPS) is 11.4. The molecule has 1 atom stereocenters. The number of hydrogen-bond acceptors (Lipinski definition) is 9. The van der Waals surface area contributed by atoms with Crippen molar-refractivity contribution in [2.45, 2.75) is 38.0 Å². The number of esters is 1. The monoisotopic (exact) mass is 601 g/mol. The second kappa shape index (κ2) is 13.6. The number of hydrogen-bond donors (Lipinski definition) is 1.